The lowest BCUT2D eigenvalue weighted by Crippen LogP contribution is -1.81. The van der Waals surface area contributed by atoms with Crippen molar-refractivity contribution in [2.75, 3.05) is 0 Å². The summed E-state index contributed by atoms with van der Waals surface area (Å²) in [6.45, 7) is 1.97. The minimum absolute atomic E-state index is 1.11. The van der Waals surface area contributed by atoms with Crippen LogP contribution in [0.4, 0.5) is 4.79 Å². The van der Waals surface area contributed by atoms with Gasteiger partial charge in [0.2, 0.25) is 0 Å². The van der Waals surface area contributed by atoms with Crippen molar-refractivity contribution in [2.45, 2.75) is 6.92 Å². The van der Waals surface area contributed by atoms with Crippen molar-refractivity contribution in [1.82, 2.24) is 10.2 Å². The van der Waals surface area contributed by atoms with Crippen LogP contribution in [-0.4, -0.2) is 26.6 Å². The molecule has 0 unspecified atom stereocenters. The molecule has 0 aliphatic heterocycles. The maximum absolute atomic E-state index is 8.56. The number of nitrogens with zero attached hydrogens (tertiary/aromatic N) is 1. The molecule has 1 aromatic heterocycles. The van der Waals surface area contributed by atoms with Crippen LogP contribution in [0.3, 0.4) is 0 Å². The number of aromatic nitrogens is 2. The van der Waals surface area contributed by atoms with Crippen molar-refractivity contribution < 1.29 is 15.0 Å². The average molecular weight is 144 g/mol. The molecule has 0 amide bonds. The predicted molar refractivity (Wildman–Crippen MR) is 34.0 cm³/mol. The molecule has 0 spiro atoms. The van der Waals surface area contributed by atoms with Crippen molar-refractivity contribution in [2.24, 2.45) is 0 Å². The molecule has 0 aliphatic carbocycles. The summed E-state index contributed by atoms with van der Waals surface area (Å²) in [6, 6.07) is 1.92. The molecule has 10 heavy (non-hydrogen) atoms. The fourth-order valence-electron chi connectivity index (χ4n) is 0.325. The number of H-pyrrole nitrogens is 1. The summed E-state index contributed by atoms with van der Waals surface area (Å²) in [5.41, 5.74) is 1.11. The van der Waals surface area contributed by atoms with E-state index in [1.165, 1.54) is 0 Å². The minimum Gasteiger partial charge on any atom is -0.450 e. The highest BCUT2D eigenvalue weighted by Crippen LogP contribution is 1.82. The number of rotatable bonds is 0. The fraction of sp³-hybridized carbons (Fsp3) is 0.200. The largest absolute Gasteiger partial charge is 0.503 e. The van der Waals surface area contributed by atoms with Gasteiger partial charge in [-0.25, -0.2) is 4.79 Å². The highest BCUT2D eigenvalue weighted by atomic mass is 16.6. The second kappa shape index (κ2) is 4.37. The van der Waals surface area contributed by atoms with Crippen molar-refractivity contribution >= 4 is 6.16 Å². The number of carboxylic acid groups (broad SMARTS) is 2. The molecule has 0 saturated heterocycles. The molecule has 1 rings (SSSR count). The van der Waals surface area contributed by atoms with Crippen LogP contribution in [0.25, 0.3) is 0 Å². The van der Waals surface area contributed by atoms with Crippen LogP contribution < -0.4 is 0 Å². The highest BCUT2D eigenvalue weighted by molar-refractivity contribution is 5.53. The van der Waals surface area contributed by atoms with Gasteiger partial charge in [0.15, 0.2) is 0 Å². The number of carbonyl (C=O) groups is 1. The number of nitrogens with one attached hydrogen (secondary N) is 1. The van der Waals surface area contributed by atoms with Crippen LogP contribution in [0, 0.1) is 6.92 Å². The Morgan fingerprint density at radius 2 is 2.20 bits per heavy atom. The molecule has 0 aliphatic rings. The summed E-state index contributed by atoms with van der Waals surface area (Å²) in [4.78, 5) is 8.56. The number of aryl methyl sites for hydroxylation is 1. The molecule has 0 bridgehead atoms. The van der Waals surface area contributed by atoms with E-state index in [4.69, 9.17) is 15.0 Å². The lowest BCUT2D eigenvalue weighted by molar-refractivity contribution is 0.137. The number of aromatic amines is 1. The van der Waals surface area contributed by atoms with Crippen LogP contribution in [0.5, 0.6) is 0 Å². The Kier molecular flexibility index (Phi) is 3.70. The third-order valence-corrected chi connectivity index (χ3v) is 0.640. The number of hydrogen-bond acceptors (Lipinski definition) is 2. The van der Waals surface area contributed by atoms with Crippen LogP contribution in [0.15, 0.2) is 12.3 Å². The van der Waals surface area contributed by atoms with Gasteiger partial charge in [-0.3, -0.25) is 5.10 Å². The van der Waals surface area contributed by atoms with Crippen molar-refractivity contribution in [1.29, 1.82) is 0 Å². The summed E-state index contributed by atoms with van der Waals surface area (Å²) in [5.74, 6) is 0. The van der Waals surface area contributed by atoms with E-state index in [0.717, 1.165) is 5.69 Å². The first-order valence-corrected chi connectivity index (χ1v) is 2.51. The van der Waals surface area contributed by atoms with E-state index < -0.39 is 6.16 Å². The highest BCUT2D eigenvalue weighted by Gasteiger charge is 1.73. The monoisotopic (exact) mass is 144 g/mol. The Labute approximate surface area is 57.3 Å². The van der Waals surface area contributed by atoms with Gasteiger partial charge in [0.05, 0.1) is 0 Å². The Bertz CT molecular complexity index is 179. The summed E-state index contributed by atoms with van der Waals surface area (Å²) >= 11 is 0. The van der Waals surface area contributed by atoms with E-state index in [9.17, 15) is 0 Å². The molecule has 1 heterocycles. The average Bonchev–Trinajstić information content (AvgIpc) is 2.15. The first-order valence-electron chi connectivity index (χ1n) is 2.51. The van der Waals surface area contributed by atoms with E-state index in [2.05, 4.69) is 10.2 Å². The maximum atomic E-state index is 8.56. The Morgan fingerprint density at radius 1 is 1.70 bits per heavy atom. The van der Waals surface area contributed by atoms with Gasteiger partial charge in [0.25, 0.3) is 0 Å². The second-order valence-electron chi connectivity index (χ2n) is 1.52. The smallest absolute Gasteiger partial charge is 0.450 e. The van der Waals surface area contributed by atoms with E-state index in [-0.39, 0.29) is 0 Å². The molecular weight excluding hydrogens is 136 g/mol. The lowest BCUT2D eigenvalue weighted by Gasteiger charge is -1.68. The predicted octanol–water partition coefficient (Wildman–Crippen LogP) is 0.941. The van der Waals surface area contributed by atoms with Gasteiger partial charge in [0.1, 0.15) is 0 Å². The zero-order chi connectivity index (χ0) is 7.98. The normalized spacial score (nSPS) is 7.70. The van der Waals surface area contributed by atoms with Gasteiger partial charge in [-0.1, -0.05) is 0 Å². The standard InChI is InChI=1S/C4H6N2.CH2O3/c1-4-2-3-5-6-4;2-1(3)4/h2-3H,1H3,(H,5,6);(H2,2,3,4). The molecule has 0 radical (unpaired) electrons. The third kappa shape index (κ3) is 6.48. The fourth-order valence-corrected chi connectivity index (χ4v) is 0.325. The molecule has 0 saturated carbocycles. The van der Waals surface area contributed by atoms with Crippen molar-refractivity contribution in [3.8, 4) is 0 Å². The molecule has 5 nitrogen and oxygen atoms in total. The summed E-state index contributed by atoms with van der Waals surface area (Å²) in [6.07, 6.45) is -0.102. The van der Waals surface area contributed by atoms with Crippen molar-refractivity contribution in [3.63, 3.8) is 0 Å². The molecule has 0 atom stereocenters. The maximum Gasteiger partial charge on any atom is 0.503 e. The Balaban J connectivity index is 0.000000180. The van der Waals surface area contributed by atoms with Gasteiger partial charge in [-0.05, 0) is 13.0 Å². The topological polar surface area (TPSA) is 86.2 Å². The molecule has 3 N–H and O–H groups in total. The molecular formula is C5H8N2O3. The summed E-state index contributed by atoms with van der Waals surface area (Å²) in [5, 5.41) is 20.4. The lowest BCUT2D eigenvalue weighted by atomic mass is 10.5. The zero-order valence-corrected chi connectivity index (χ0v) is 5.40. The first kappa shape index (κ1) is 8.48. The zero-order valence-electron chi connectivity index (χ0n) is 5.40. The van der Waals surface area contributed by atoms with Gasteiger partial charge < -0.3 is 10.2 Å². The summed E-state index contributed by atoms with van der Waals surface area (Å²) in [7, 11) is 0. The minimum atomic E-state index is -1.83. The van der Waals surface area contributed by atoms with E-state index in [0.29, 0.717) is 0 Å². The van der Waals surface area contributed by atoms with Gasteiger partial charge in [-0.15, -0.1) is 0 Å². The van der Waals surface area contributed by atoms with Gasteiger partial charge >= 0.3 is 6.16 Å². The van der Waals surface area contributed by atoms with E-state index in [1.807, 2.05) is 13.0 Å². The van der Waals surface area contributed by atoms with Crippen LogP contribution in [0.1, 0.15) is 5.69 Å². The Morgan fingerprint density at radius 3 is 2.30 bits per heavy atom. The van der Waals surface area contributed by atoms with Crippen molar-refractivity contribution in [3.05, 3.63) is 18.0 Å². The first-order chi connectivity index (χ1) is 4.63. The molecule has 0 aromatic carbocycles. The van der Waals surface area contributed by atoms with Crippen LogP contribution in [-0.2, 0) is 0 Å². The van der Waals surface area contributed by atoms with Gasteiger partial charge in [0, 0.05) is 11.9 Å². The molecule has 0 fully saturated rings. The molecule has 1 aromatic rings. The van der Waals surface area contributed by atoms with Crippen LogP contribution >= 0.6 is 0 Å². The molecule has 56 valence electrons. The van der Waals surface area contributed by atoms with Gasteiger partial charge in [-0.2, -0.15) is 5.10 Å². The molecule has 5 heteroatoms. The van der Waals surface area contributed by atoms with E-state index >= 15 is 0 Å². The quantitative estimate of drug-likeness (QED) is 0.505. The summed E-state index contributed by atoms with van der Waals surface area (Å²) < 4.78 is 0. The third-order valence-electron chi connectivity index (χ3n) is 0.640. The Hall–Kier alpha value is -1.52. The van der Waals surface area contributed by atoms with E-state index in [1.54, 1.807) is 6.20 Å². The SMILES string of the molecule is Cc1ccn[nH]1.O=C(O)O. The second-order valence-corrected chi connectivity index (χ2v) is 1.52. The number of hydrogen-bond donors (Lipinski definition) is 3. The van der Waals surface area contributed by atoms with Crippen LogP contribution in [0.2, 0.25) is 0 Å².